The molecule has 1 aliphatic heterocycles. The molecule has 1 heterocycles. The topological polar surface area (TPSA) is 52.6 Å². The van der Waals surface area contributed by atoms with Crippen molar-refractivity contribution in [1.29, 1.82) is 0 Å². The Hall–Kier alpha value is -0.610. The van der Waals surface area contributed by atoms with E-state index in [2.05, 4.69) is 24.1 Å². The van der Waals surface area contributed by atoms with Crippen molar-refractivity contribution in [3.63, 3.8) is 0 Å². The van der Waals surface area contributed by atoms with Crippen LogP contribution in [0.25, 0.3) is 0 Å². The molecule has 0 spiro atoms. The normalized spacial score (nSPS) is 32.5. The molecule has 0 aromatic rings. The van der Waals surface area contributed by atoms with Crippen molar-refractivity contribution in [2.45, 2.75) is 77.0 Å². The van der Waals surface area contributed by atoms with E-state index in [1.165, 1.54) is 0 Å². The Morgan fingerprint density at radius 2 is 2.15 bits per heavy atom. The first-order chi connectivity index (χ1) is 9.61. The predicted octanol–water partition coefficient (Wildman–Crippen LogP) is 1.92. The summed E-state index contributed by atoms with van der Waals surface area (Å²) in [6, 6.07) is 0.686. The molecule has 20 heavy (non-hydrogen) atoms. The van der Waals surface area contributed by atoms with Crippen molar-refractivity contribution in [3.05, 3.63) is 0 Å². The van der Waals surface area contributed by atoms with E-state index in [0.717, 1.165) is 51.5 Å². The summed E-state index contributed by atoms with van der Waals surface area (Å²) in [5, 5.41) is 13.2. The van der Waals surface area contributed by atoms with Crippen LogP contribution in [0.3, 0.4) is 0 Å². The molecule has 4 unspecified atom stereocenters. The summed E-state index contributed by atoms with van der Waals surface area (Å²) in [4.78, 5) is 14.4. The van der Waals surface area contributed by atoms with Gasteiger partial charge in [-0.3, -0.25) is 9.69 Å². The molecule has 1 saturated carbocycles. The zero-order chi connectivity index (χ0) is 14.5. The van der Waals surface area contributed by atoms with Gasteiger partial charge in [0.05, 0.1) is 12.6 Å². The molecule has 0 bridgehead atoms. The number of nitrogens with one attached hydrogen (secondary N) is 1. The summed E-state index contributed by atoms with van der Waals surface area (Å²) in [7, 11) is 0. The van der Waals surface area contributed by atoms with Crippen LogP contribution < -0.4 is 5.32 Å². The fourth-order valence-electron chi connectivity index (χ4n) is 3.96. The number of carbonyl (C=O) groups excluding carboxylic acids is 1. The summed E-state index contributed by atoms with van der Waals surface area (Å²) >= 11 is 0. The lowest BCUT2D eigenvalue weighted by molar-refractivity contribution is -0.123. The van der Waals surface area contributed by atoms with Crippen LogP contribution in [0.2, 0.25) is 0 Å². The Balaban J connectivity index is 1.83. The fourth-order valence-corrected chi connectivity index (χ4v) is 3.96. The van der Waals surface area contributed by atoms with E-state index in [-0.39, 0.29) is 18.1 Å². The summed E-state index contributed by atoms with van der Waals surface area (Å²) in [6.45, 7) is 5.72. The smallest absolute Gasteiger partial charge is 0.234 e. The minimum atomic E-state index is -0.150. The Morgan fingerprint density at radius 3 is 2.80 bits per heavy atom. The average Bonchev–Trinajstić information content (AvgIpc) is 2.97. The van der Waals surface area contributed by atoms with Gasteiger partial charge in [0.2, 0.25) is 5.91 Å². The standard InChI is InChI=1S/C16H30N2O2/c1-3-6-12(2)17-16(20)11-18-10-5-8-14(18)13-7-4-9-15(13)19/h12-15,19H,3-11H2,1-2H3,(H,17,20). The van der Waals surface area contributed by atoms with E-state index in [1.807, 2.05) is 0 Å². The molecule has 2 rings (SSSR count). The molecule has 4 nitrogen and oxygen atoms in total. The zero-order valence-corrected chi connectivity index (χ0v) is 13.0. The quantitative estimate of drug-likeness (QED) is 0.782. The van der Waals surface area contributed by atoms with Gasteiger partial charge in [-0.25, -0.2) is 0 Å². The lowest BCUT2D eigenvalue weighted by atomic mass is 9.94. The molecule has 116 valence electrons. The predicted molar refractivity (Wildman–Crippen MR) is 80.5 cm³/mol. The van der Waals surface area contributed by atoms with Crippen LogP contribution in [0, 0.1) is 5.92 Å². The lowest BCUT2D eigenvalue weighted by Crippen LogP contribution is -2.46. The highest BCUT2D eigenvalue weighted by Crippen LogP contribution is 2.35. The van der Waals surface area contributed by atoms with E-state index < -0.39 is 0 Å². The molecule has 4 atom stereocenters. The Morgan fingerprint density at radius 1 is 1.35 bits per heavy atom. The molecule has 0 radical (unpaired) electrons. The summed E-state index contributed by atoms with van der Waals surface area (Å²) < 4.78 is 0. The van der Waals surface area contributed by atoms with Gasteiger partial charge in [-0.1, -0.05) is 19.8 Å². The van der Waals surface area contributed by atoms with E-state index >= 15 is 0 Å². The highest BCUT2D eigenvalue weighted by atomic mass is 16.3. The van der Waals surface area contributed by atoms with Crippen molar-refractivity contribution < 1.29 is 9.90 Å². The molecule has 0 aromatic heterocycles. The van der Waals surface area contributed by atoms with Crippen LogP contribution in [0.15, 0.2) is 0 Å². The van der Waals surface area contributed by atoms with Crippen LogP contribution >= 0.6 is 0 Å². The SMILES string of the molecule is CCCC(C)NC(=O)CN1CCCC1C1CCCC1O. The molecule has 2 aliphatic rings. The van der Waals surface area contributed by atoms with Gasteiger partial charge < -0.3 is 10.4 Å². The van der Waals surface area contributed by atoms with Crippen LogP contribution in [-0.4, -0.2) is 47.2 Å². The monoisotopic (exact) mass is 282 g/mol. The Bertz CT molecular complexity index is 322. The van der Waals surface area contributed by atoms with Gasteiger partial charge in [0.15, 0.2) is 0 Å². The van der Waals surface area contributed by atoms with E-state index in [9.17, 15) is 9.90 Å². The number of likely N-dealkylation sites (tertiary alicyclic amines) is 1. The Labute approximate surface area is 122 Å². The van der Waals surface area contributed by atoms with Crippen LogP contribution in [0.4, 0.5) is 0 Å². The highest BCUT2D eigenvalue weighted by Gasteiger charge is 2.38. The van der Waals surface area contributed by atoms with E-state index in [0.29, 0.717) is 18.5 Å². The average molecular weight is 282 g/mol. The van der Waals surface area contributed by atoms with Gasteiger partial charge in [-0.05, 0) is 45.6 Å². The summed E-state index contributed by atoms with van der Waals surface area (Å²) in [5.74, 6) is 0.531. The second-order valence-electron chi connectivity index (χ2n) is 6.60. The van der Waals surface area contributed by atoms with E-state index in [4.69, 9.17) is 0 Å². The van der Waals surface area contributed by atoms with Crippen molar-refractivity contribution in [2.75, 3.05) is 13.1 Å². The largest absolute Gasteiger partial charge is 0.393 e. The number of rotatable bonds is 6. The minimum Gasteiger partial charge on any atom is -0.393 e. The Kier molecular flexibility index (Phi) is 5.85. The van der Waals surface area contributed by atoms with Crippen molar-refractivity contribution >= 4 is 5.91 Å². The molecule has 1 saturated heterocycles. The maximum Gasteiger partial charge on any atom is 0.234 e. The molecule has 4 heteroatoms. The summed E-state index contributed by atoms with van der Waals surface area (Å²) in [6.07, 6.45) is 7.48. The first-order valence-corrected chi connectivity index (χ1v) is 8.33. The summed E-state index contributed by atoms with van der Waals surface area (Å²) in [5.41, 5.74) is 0. The van der Waals surface area contributed by atoms with Crippen LogP contribution in [0.1, 0.15) is 58.8 Å². The molecule has 0 aromatic carbocycles. The number of hydrogen-bond donors (Lipinski definition) is 2. The van der Waals surface area contributed by atoms with Crippen molar-refractivity contribution in [2.24, 2.45) is 5.92 Å². The number of amides is 1. The minimum absolute atomic E-state index is 0.144. The molecule has 2 N–H and O–H groups in total. The number of hydrogen-bond acceptors (Lipinski definition) is 3. The van der Waals surface area contributed by atoms with Crippen molar-refractivity contribution in [3.8, 4) is 0 Å². The molecular weight excluding hydrogens is 252 g/mol. The molecule has 1 aliphatic carbocycles. The third kappa shape index (κ3) is 3.95. The zero-order valence-electron chi connectivity index (χ0n) is 13.0. The fraction of sp³-hybridized carbons (Fsp3) is 0.938. The third-order valence-electron chi connectivity index (χ3n) is 4.92. The second kappa shape index (κ2) is 7.41. The van der Waals surface area contributed by atoms with Gasteiger partial charge in [-0.2, -0.15) is 0 Å². The first-order valence-electron chi connectivity index (χ1n) is 8.33. The van der Waals surface area contributed by atoms with Crippen LogP contribution in [0.5, 0.6) is 0 Å². The van der Waals surface area contributed by atoms with Gasteiger partial charge in [-0.15, -0.1) is 0 Å². The van der Waals surface area contributed by atoms with Gasteiger partial charge in [0.1, 0.15) is 0 Å². The maximum absolute atomic E-state index is 12.1. The third-order valence-corrected chi connectivity index (χ3v) is 4.92. The highest BCUT2D eigenvalue weighted by molar-refractivity contribution is 5.78. The molecular formula is C16H30N2O2. The maximum atomic E-state index is 12.1. The lowest BCUT2D eigenvalue weighted by Gasteiger charge is -2.31. The van der Waals surface area contributed by atoms with Crippen molar-refractivity contribution in [1.82, 2.24) is 10.2 Å². The number of nitrogens with zero attached hydrogens (tertiary/aromatic N) is 1. The number of carbonyl (C=O) groups is 1. The number of aliphatic hydroxyl groups is 1. The van der Waals surface area contributed by atoms with Crippen LogP contribution in [-0.2, 0) is 4.79 Å². The second-order valence-corrected chi connectivity index (χ2v) is 6.60. The first kappa shape index (κ1) is 15.8. The van der Waals surface area contributed by atoms with Gasteiger partial charge in [0, 0.05) is 18.0 Å². The van der Waals surface area contributed by atoms with Gasteiger partial charge >= 0.3 is 0 Å². The molecule has 1 amide bonds. The number of aliphatic hydroxyl groups excluding tert-OH is 1. The van der Waals surface area contributed by atoms with E-state index in [1.54, 1.807) is 0 Å². The molecule has 2 fully saturated rings. The van der Waals surface area contributed by atoms with Gasteiger partial charge in [0.25, 0.3) is 0 Å².